The molecule has 0 aliphatic rings. The summed E-state index contributed by atoms with van der Waals surface area (Å²) in [5.41, 5.74) is 0.529. The monoisotopic (exact) mass is 435 g/mol. The molecule has 1 aromatic carbocycles. The number of phenols is 1. The van der Waals surface area contributed by atoms with Crippen molar-refractivity contribution in [1.82, 2.24) is 0 Å². The van der Waals surface area contributed by atoms with Crippen LogP contribution in [0.25, 0.3) is 0 Å². The van der Waals surface area contributed by atoms with Crippen molar-refractivity contribution < 1.29 is 38.5 Å². The van der Waals surface area contributed by atoms with Crippen LogP contribution in [-0.2, 0) is 19.0 Å². The lowest BCUT2D eigenvalue weighted by atomic mass is 10.1. The van der Waals surface area contributed by atoms with Gasteiger partial charge in [-0.2, -0.15) is 0 Å². The molecule has 9 nitrogen and oxygen atoms in total. The van der Waals surface area contributed by atoms with E-state index in [1.165, 1.54) is 24.3 Å². The Morgan fingerprint density at radius 2 is 1.53 bits per heavy atom. The topological polar surface area (TPSA) is 128 Å². The Bertz CT molecular complexity index is 948. The van der Waals surface area contributed by atoms with Gasteiger partial charge in [0.05, 0.1) is 24.3 Å². The maximum atomic E-state index is 12.3. The molecule has 0 atom stereocenters. The molecule has 0 spiro atoms. The first-order valence-corrected chi connectivity index (χ1v) is 9.83. The average molecular weight is 435 g/mol. The normalized spacial score (nSPS) is 10.2. The van der Waals surface area contributed by atoms with Crippen molar-refractivity contribution in [3.8, 4) is 5.75 Å². The SMILES string of the molecule is CCOC(=O)c1sc(NC(=O)COC(=O)c2ccc(O)cc2)c(C(=O)OCC)c1C. The van der Waals surface area contributed by atoms with Crippen LogP contribution in [-0.4, -0.2) is 48.7 Å². The van der Waals surface area contributed by atoms with Crippen molar-refractivity contribution in [2.45, 2.75) is 20.8 Å². The van der Waals surface area contributed by atoms with Crippen molar-refractivity contribution in [3.05, 3.63) is 45.8 Å². The highest BCUT2D eigenvalue weighted by molar-refractivity contribution is 7.18. The number of hydrogen-bond donors (Lipinski definition) is 2. The molecule has 0 aliphatic heterocycles. The first kappa shape index (κ1) is 22.9. The van der Waals surface area contributed by atoms with Crippen LogP contribution < -0.4 is 5.32 Å². The van der Waals surface area contributed by atoms with E-state index in [1.54, 1.807) is 20.8 Å². The molecule has 0 fully saturated rings. The van der Waals surface area contributed by atoms with E-state index in [2.05, 4.69) is 5.32 Å². The van der Waals surface area contributed by atoms with Gasteiger partial charge in [0, 0.05) is 0 Å². The Kier molecular flexibility index (Phi) is 7.93. The van der Waals surface area contributed by atoms with E-state index in [9.17, 15) is 24.3 Å². The number of benzene rings is 1. The number of nitrogens with one attached hydrogen (secondary N) is 1. The Labute approximate surface area is 176 Å². The maximum Gasteiger partial charge on any atom is 0.348 e. The van der Waals surface area contributed by atoms with Crippen LogP contribution in [0.15, 0.2) is 24.3 Å². The highest BCUT2D eigenvalue weighted by atomic mass is 32.1. The number of ether oxygens (including phenoxy) is 3. The molecule has 2 rings (SSSR count). The van der Waals surface area contributed by atoms with Gasteiger partial charge in [0.15, 0.2) is 6.61 Å². The molecule has 2 aromatic rings. The number of hydrogen-bond acceptors (Lipinski definition) is 9. The Balaban J connectivity index is 2.14. The Morgan fingerprint density at radius 3 is 2.13 bits per heavy atom. The first-order valence-electron chi connectivity index (χ1n) is 9.02. The molecule has 0 bridgehead atoms. The number of amides is 1. The molecule has 1 aromatic heterocycles. The summed E-state index contributed by atoms with van der Waals surface area (Å²) < 4.78 is 14.9. The molecule has 0 saturated heterocycles. The van der Waals surface area contributed by atoms with Crippen LogP contribution in [0.1, 0.15) is 49.8 Å². The van der Waals surface area contributed by atoms with Crippen LogP contribution in [0.2, 0.25) is 0 Å². The van der Waals surface area contributed by atoms with Crippen molar-refractivity contribution in [2.24, 2.45) is 0 Å². The van der Waals surface area contributed by atoms with E-state index >= 15 is 0 Å². The summed E-state index contributed by atoms with van der Waals surface area (Å²) in [5, 5.41) is 11.8. The van der Waals surface area contributed by atoms with Gasteiger partial charge in [0.2, 0.25) is 0 Å². The van der Waals surface area contributed by atoms with Gasteiger partial charge in [0.25, 0.3) is 5.91 Å². The minimum atomic E-state index is -0.759. The average Bonchev–Trinajstić information content (AvgIpc) is 3.03. The Morgan fingerprint density at radius 1 is 0.933 bits per heavy atom. The molecule has 1 heterocycles. The van der Waals surface area contributed by atoms with Crippen LogP contribution in [0.4, 0.5) is 5.00 Å². The third-order valence-electron chi connectivity index (χ3n) is 3.78. The number of phenolic OH excluding ortho intramolecular Hbond substituents is 1. The molecule has 0 unspecified atom stereocenters. The fourth-order valence-electron chi connectivity index (χ4n) is 2.42. The summed E-state index contributed by atoms with van der Waals surface area (Å²) in [6, 6.07) is 5.33. The molecule has 0 radical (unpaired) electrons. The first-order chi connectivity index (χ1) is 14.3. The molecule has 0 aliphatic carbocycles. The lowest BCUT2D eigenvalue weighted by Gasteiger charge is -2.08. The second kappa shape index (κ2) is 10.4. The van der Waals surface area contributed by atoms with Gasteiger partial charge in [-0.1, -0.05) is 0 Å². The molecule has 160 valence electrons. The largest absolute Gasteiger partial charge is 0.508 e. The molecule has 10 heteroatoms. The van der Waals surface area contributed by atoms with Crippen molar-refractivity contribution in [1.29, 1.82) is 0 Å². The van der Waals surface area contributed by atoms with E-state index in [4.69, 9.17) is 14.2 Å². The van der Waals surface area contributed by atoms with Gasteiger partial charge in [-0.15, -0.1) is 11.3 Å². The summed E-state index contributed by atoms with van der Waals surface area (Å²) in [5.74, 6) is -2.79. The molecule has 0 saturated carbocycles. The molecule has 2 N–H and O–H groups in total. The Hall–Kier alpha value is -3.40. The zero-order chi connectivity index (χ0) is 22.3. The zero-order valence-corrected chi connectivity index (χ0v) is 17.5. The third-order valence-corrected chi connectivity index (χ3v) is 4.96. The van der Waals surface area contributed by atoms with Crippen LogP contribution in [0, 0.1) is 6.92 Å². The standard InChI is InChI=1S/C20H21NO8S/c1-4-27-19(25)15-11(3)16(20(26)28-5-2)30-17(15)21-14(23)10-29-18(24)12-6-8-13(22)9-7-12/h6-9,22H,4-5,10H2,1-3H3,(H,21,23). The summed E-state index contributed by atoms with van der Waals surface area (Å²) in [7, 11) is 0. The van der Waals surface area contributed by atoms with E-state index in [0.717, 1.165) is 11.3 Å². The second-order valence-electron chi connectivity index (χ2n) is 5.87. The van der Waals surface area contributed by atoms with Gasteiger partial charge in [-0.3, -0.25) is 4.79 Å². The number of esters is 3. The van der Waals surface area contributed by atoms with E-state index in [1.807, 2.05) is 0 Å². The van der Waals surface area contributed by atoms with Gasteiger partial charge >= 0.3 is 17.9 Å². The third kappa shape index (κ3) is 5.57. The van der Waals surface area contributed by atoms with Crippen molar-refractivity contribution >= 4 is 40.2 Å². The number of aromatic hydroxyl groups is 1. The molecule has 30 heavy (non-hydrogen) atoms. The lowest BCUT2D eigenvalue weighted by molar-refractivity contribution is -0.119. The summed E-state index contributed by atoms with van der Waals surface area (Å²) >= 11 is 0.873. The van der Waals surface area contributed by atoms with Crippen molar-refractivity contribution in [2.75, 3.05) is 25.1 Å². The van der Waals surface area contributed by atoms with E-state index in [0.29, 0.717) is 5.56 Å². The number of carbonyl (C=O) groups excluding carboxylic acids is 4. The predicted molar refractivity (Wildman–Crippen MR) is 108 cm³/mol. The van der Waals surface area contributed by atoms with Crippen LogP contribution >= 0.6 is 11.3 Å². The van der Waals surface area contributed by atoms with E-state index in [-0.39, 0.29) is 40.0 Å². The smallest absolute Gasteiger partial charge is 0.348 e. The number of carbonyl (C=O) groups is 4. The molecular weight excluding hydrogens is 414 g/mol. The lowest BCUT2D eigenvalue weighted by Crippen LogP contribution is -2.21. The molecule has 1 amide bonds. The van der Waals surface area contributed by atoms with Gasteiger partial charge in [-0.05, 0) is 50.6 Å². The van der Waals surface area contributed by atoms with Crippen LogP contribution in [0.3, 0.4) is 0 Å². The minimum Gasteiger partial charge on any atom is -0.508 e. The van der Waals surface area contributed by atoms with Gasteiger partial charge in [0.1, 0.15) is 15.6 Å². The summed E-state index contributed by atoms with van der Waals surface area (Å²) in [6.07, 6.45) is 0. The fraction of sp³-hybridized carbons (Fsp3) is 0.300. The van der Waals surface area contributed by atoms with Crippen LogP contribution in [0.5, 0.6) is 5.75 Å². The summed E-state index contributed by atoms with van der Waals surface area (Å²) in [6.45, 7) is 4.48. The highest BCUT2D eigenvalue weighted by Crippen LogP contribution is 2.34. The number of rotatable bonds is 8. The summed E-state index contributed by atoms with van der Waals surface area (Å²) in [4.78, 5) is 48.8. The molecular formula is C20H21NO8S. The fourth-order valence-corrected chi connectivity index (χ4v) is 3.52. The predicted octanol–water partition coefficient (Wildman–Crippen LogP) is 2.91. The zero-order valence-electron chi connectivity index (χ0n) is 16.6. The quantitative estimate of drug-likeness (QED) is 0.478. The number of thiophene rings is 1. The van der Waals surface area contributed by atoms with E-state index < -0.39 is 30.4 Å². The van der Waals surface area contributed by atoms with Crippen molar-refractivity contribution in [3.63, 3.8) is 0 Å². The number of anilines is 1. The van der Waals surface area contributed by atoms with Gasteiger partial charge < -0.3 is 24.6 Å². The highest BCUT2D eigenvalue weighted by Gasteiger charge is 2.27. The second-order valence-corrected chi connectivity index (χ2v) is 6.89. The van der Waals surface area contributed by atoms with Gasteiger partial charge in [-0.25, -0.2) is 14.4 Å². The minimum absolute atomic E-state index is 0.0127. The maximum absolute atomic E-state index is 12.3.